The van der Waals surface area contributed by atoms with Crippen LogP contribution in [0.3, 0.4) is 0 Å². The molecular weight excluding hydrogens is 266 g/mol. The van der Waals surface area contributed by atoms with Crippen LogP contribution >= 0.6 is 0 Å². The number of primary amides is 1. The minimum Gasteiger partial charge on any atom is -0.477 e. The van der Waals surface area contributed by atoms with Crippen molar-refractivity contribution in [1.82, 2.24) is 0 Å². The van der Waals surface area contributed by atoms with Gasteiger partial charge in [0.2, 0.25) is 5.91 Å². The van der Waals surface area contributed by atoms with Crippen molar-refractivity contribution in [3.8, 4) is 0 Å². The van der Waals surface area contributed by atoms with E-state index in [0.29, 0.717) is 31.5 Å². The van der Waals surface area contributed by atoms with E-state index in [4.69, 9.17) is 10.8 Å². The number of hydrogen-bond acceptors (Lipinski definition) is 5. The number of carbonyl (C=O) groups excluding carboxylic acids is 1. The zero-order valence-corrected chi connectivity index (χ0v) is 10.7. The maximum absolute atomic E-state index is 10.8. The van der Waals surface area contributed by atoms with E-state index in [9.17, 15) is 19.7 Å². The minimum absolute atomic E-state index is 0.291. The highest BCUT2D eigenvalue weighted by Gasteiger charge is 2.19. The molecule has 0 fully saturated rings. The summed E-state index contributed by atoms with van der Waals surface area (Å²) in [5.41, 5.74) is 4.64. The molecule has 0 atom stereocenters. The summed E-state index contributed by atoms with van der Waals surface area (Å²) in [4.78, 5) is 31.4. The lowest BCUT2D eigenvalue weighted by atomic mass is 10.1. The Bertz CT molecular complexity index is 530. The van der Waals surface area contributed by atoms with E-state index in [1.54, 1.807) is 0 Å². The summed E-state index contributed by atoms with van der Waals surface area (Å²) in [6.07, 6.45) is 1.59. The molecule has 8 heteroatoms. The lowest BCUT2D eigenvalue weighted by Gasteiger charge is -2.06. The molecule has 0 bridgehead atoms. The highest BCUT2D eigenvalue weighted by Crippen LogP contribution is 2.23. The van der Waals surface area contributed by atoms with Crippen LogP contribution in [-0.2, 0) is 4.79 Å². The van der Waals surface area contributed by atoms with Gasteiger partial charge in [-0.15, -0.1) is 0 Å². The van der Waals surface area contributed by atoms with Crippen LogP contribution in [0.15, 0.2) is 18.2 Å². The SMILES string of the molecule is NC(=O)CCCCNc1ccc(C(=O)O)c([N+](=O)[O-])c1. The molecule has 0 unspecified atom stereocenters. The van der Waals surface area contributed by atoms with Crippen molar-refractivity contribution in [3.63, 3.8) is 0 Å². The Hall–Kier alpha value is -2.64. The molecule has 0 radical (unpaired) electrons. The lowest BCUT2D eigenvalue weighted by Crippen LogP contribution is -2.11. The van der Waals surface area contributed by atoms with Gasteiger partial charge < -0.3 is 16.2 Å². The molecule has 0 spiro atoms. The number of nitrogens with two attached hydrogens (primary N) is 1. The van der Waals surface area contributed by atoms with Gasteiger partial charge in [0.05, 0.1) is 4.92 Å². The molecule has 1 rings (SSSR count). The van der Waals surface area contributed by atoms with E-state index in [0.717, 1.165) is 0 Å². The van der Waals surface area contributed by atoms with Crippen molar-refractivity contribution in [2.75, 3.05) is 11.9 Å². The topological polar surface area (TPSA) is 136 Å². The third-order valence-corrected chi connectivity index (χ3v) is 2.60. The Labute approximate surface area is 114 Å². The predicted octanol–water partition coefficient (Wildman–Crippen LogP) is 1.36. The molecule has 0 heterocycles. The van der Waals surface area contributed by atoms with Gasteiger partial charge in [0.1, 0.15) is 5.56 Å². The largest absolute Gasteiger partial charge is 0.477 e. The first-order valence-electron chi connectivity index (χ1n) is 5.95. The third kappa shape index (κ3) is 4.56. The molecule has 0 aliphatic carbocycles. The number of amides is 1. The number of benzene rings is 1. The van der Waals surface area contributed by atoms with Crippen molar-refractivity contribution >= 4 is 23.3 Å². The van der Waals surface area contributed by atoms with E-state index in [1.807, 2.05) is 0 Å². The summed E-state index contributed by atoms with van der Waals surface area (Å²) in [5, 5.41) is 22.6. The van der Waals surface area contributed by atoms with Crippen LogP contribution in [-0.4, -0.2) is 28.5 Å². The molecule has 0 saturated heterocycles. The second-order valence-electron chi connectivity index (χ2n) is 4.14. The quantitative estimate of drug-likeness (QED) is 0.374. The number of rotatable bonds is 8. The van der Waals surface area contributed by atoms with Gasteiger partial charge in [0.15, 0.2) is 0 Å². The summed E-state index contributed by atoms with van der Waals surface area (Å²) < 4.78 is 0. The molecular formula is C12H15N3O5. The molecule has 1 aromatic rings. The van der Waals surface area contributed by atoms with Crippen molar-refractivity contribution in [3.05, 3.63) is 33.9 Å². The number of anilines is 1. The number of unbranched alkanes of at least 4 members (excludes halogenated alkanes) is 1. The minimum atomic E-state index is -1.34. The van der Waals surface area contributed by atoms with E-state index < -0.39 is 16.6 Å². The summed E-state index contributed by atoms with van der Waals surface area (Å²) in [5.74, 6) is -1.71. The Kier molecular flexibility index (Phi) is 5.45. The summed E-state index contributed by atoms with van der Waals surface area (Å²) in [6, 6.07) is 3.83. The molecule has 1 aromatic carbocycles. The van der Waals surface area contributed by atoms with Gasteiger partial charge in [-0.1, -0.05) is 0 Å². The van der Waals surface area contributed by atoms with Crippen molar-refractivity contribution < 1.29 is 19.6 Å². The molecule has 20 heavy (non-hydrogen) atoms. The molecule has 8 nitrogen and oxygen atoms in total. The second kappa shape index (κ2) is 7.07. The van der Waals surface area contributed by atoms with Gasteiger partial charge in [-0.25, -0.2) is 4.79 Å². The number of nitrogens with one attached hydrogen (secondary N) is 1. The van der Waals surface area contributed by atoms with Gasteiger partial charge in [-0.2, -0.15) is 0 Å². The van der Waals surface area contributed by atoms with Crippen LogP contribution in [0.25, 0.3) is 0 Å². The maximum atomic E-state index is 10.8. The fourth-order valence-electron chi connectivity index (χ4n) is 1.63. The van der Waals surface area contributed by atoms with Gasteiger partial charge in [-0.05, 0) is 25.0 Å². The average Bonchev–Trinajstić information content (AvgIpc) is 2.37. The molecule has 1 amide bonds. The monoisotopic (exact) mass is 281 g/mol. The molecule has 0 aliphatic heterocycles. The Balaban J connectivity index is 2.64. The van der Waals surface area contributed by atoms with Crippen molar-refractivity contribution in [2.45, 2.75) is 19.3 Å². The molecule has 4 N–H and O–H groups in total. The normalized spacial score (nSPS) is 10.0. The zero-order chi connectivity index (χ0) is 15.1. The Morgan fingerprint density at radius 3 is 2.60 bits per heavy atom. The van der Waals surface area contributed by atoms with Gasteiger partial charge >= 0.3 is 5.97 Å². The maximum Gasteiger partial charge on any atom is 0.342 e. The fraction of sp³-hybridized carbons (Fsp3) is 0.333. The number of aromatic carboxylic acids is 1. The average molecular weight is 281 g/mol. The van der Waals surface area contributed by atoms with Crippen LogP contribution in [0, 0.1) is 10.1 Å². The molecule has 0 saturated carbocycles. The predicted molar refractivity (Wildman–Crippen MR) is 71.6 cm³/mol. The Morgan fingerprint density at radius 1 is 1.35 bits per heavy atom. The number of nitrogens with zero attached hydrogens (tertiary/aromatic N) is 1. The second-order valence-corrected chi connectivity index (χ2v) is 4.14. The van der Waals surface area contributed by atoms with E-state index in [1.165, 1.54) is 18.2 Å². The van der Waals surface area contributed by atoms with Crippen LogP contribution < -0.4 is 11.1 Å². The standard InChI is InChI=1S/C12H15N3O5/c13-11(16)3-1-2-6-14-8-4-5-9(12(17)18)10(7-8)15(19)20/h4-5,7,14H,1-3,6H2,(H2,13,16)(H,17,18). The van der Waals surface area contributed by atoms with Crippen molar-refractivity contribution in [1.29, 1.82) is 0 Å². The Morgan fingerprint density at radius 2 is 2.05 bits per heavy atom. The van der Waals surface area contributed by atoms with E-state index in [2.05, 4.69) is 5.32 Å². The first-order chi connectivity index (χ1) is 9.41. The summed E-state index contributed by atoms with van der Waals surface area (Å²) in [6.45, 7) is 0.511. The third-order valence-electron chi connectivity index (χ3n) is 2.60. The smallest absolute Gasteiger partial charge is 0.342 e. The number of nitro benzene ring substituents is 1. The van der Waals surface area contributed by atoms with Crippen molar-refractivity contribution in [2.24, 2.45) is 5.73 Å². The zero-order valence-electron chi connectivity index (χ0n) is 10.7. The van der Waals surface area contributed by atoms with Crippen LogP contribution in [0.5, 0.6) is 0 Å². The summed E-state index contributed by atoms with van der Waals surface area (Å²) in [7, 11) is 0. The van der Waals surface area contributed by atoms with Gasteiger partial charge in [0.25, 0.3) is 5.69 Å². The molecule has 0 aromatic heterocycles. The first-order valence-corrected chi connectivity index (χ1v) is 5.95. The van der Waals surface area contributed by atoms with E-state index in [-0.39, 0.29) is 11.5 Å². The van der Waals surface area contributed by atoms with Crippen LogP contribution in [0.4, 0.5) is 11.4 Å². The number of hydrogen-bond donors (Lipinski definition) is 3. The number of carboxylic acid groups (broad SMARTS) is 1. The van der Waals surface area contributed by atoms with Crippen LogP contribution in [0.1, 0.15) is 29.6 Å². The number of carboxylic acids is 1. The number of carbonyl (C=O) groups is 2. The highest BCUT2D eigenvalue weighted by molar-refractivity contribution is 5.93. The number of nitro groups is 1. The lowest BCUT2D eigenvalue weighted by molar-refractivity contribution is -0.385. The molecule has 108 valence electrons. The highest BCUT2D eigenvalue weighted by atomic mass is 16.6. The van der Waals surface area contributed by atoms with Crippen LogP contribution in [0.2, 0.25) is 0 Å². The summed E-state index contributed by atoms with van der Waals surface area (Å²) >= 11 is 0. The fourth-order valence-corrected chi connectivity index (χ4v) is 1.63. The van der Waals surface area contributed by atoms with Gasteiger partial charge in [-0.3, -0.25) is 14.9 Å². The van der Waals surface area contributed by atoms with Gasteiger partial charge in [0, 0.05) is 24.7 Å². The first kappa shape index (κ1) is 15.4. The molecule has 0 aliphatic rings. The van der Waals surface area contributed by atoms with E-state index >= 15 is 0 Å².